The Labute approximate surface area is 132 Å². The van der Waals surface area contributed by atoms with E-state index in [-0.39, 0.29) is 0 Å². The molecular weight excluding hydrogens is 276 g/mol. The van der Waals surface area contributed by atoms with Gasteiger partial charge in [-0.2, -0.15) is 0 Å². The van der Waals surface area contributed by atoms with E-state index in [9.17, 15) is 0 Å². The van der Waals surface area contributed by atoms with E-state index in [4.69, 9.17) is 12.2 Å². The van der Waals surface area contributed by atoms with Gasteiger partial charge in [0.25, 0.3) is 0 Å². The lowest BCUT2D eigenvalue weighted by molar-refractivity contribution is 0.777. The van der Waals surface area contributed by atoms with Crippen molar-refractivity contribution in [3.63, 3.8) is 0 Å². The highest BCUT2D eigenvalue weighted by molar-refractivity contribution is 7.80. The summed E-state index contributed by atoms with van der Waals surface area (Å²) in [5.41, 5.74) is 4.96. The highest BCUT2D eigenvalue weighted by Gasteiger charge is 2.02. The summed E-state index contributed by atoms with van der Waals surface area (Å²) in [6.07, 6.45) is 2.14. The van der Waals surface area contributed by atoms with Crippen LogP contribution in [0.2, 0.25) is 0 Å². The first kappa shape index (κ1) is 15.5. The molecule has 0 aliphatic carbocycles. The second kappa shape index (κ2) is 7.79. The summed E-state index contributed by atoms with van der Waals surface area (Å²) in [6, 6.07) is 16.7. The zero-order chi connectivity index (χ0) is 15.1. The third-order valence-corrected chi connectivity index (χ3v) is 3.87. The van der Waals surface area contributed by atoms with Crippen molar-refractivity contribution < 1.29 is 0 Å². The topological polar surface area (TPSA) is 24.1 Å². The molecule has 0 spiro atoms. The van der Waals surface area contributed by atoms with Gasteiger partial charge in [0.15, 0.2) is 5.11 Å². The van der Waals surface area contributed by atoms with Crippen molar-refractivity contribution in [2.45, 2.75) is 26.7 Å². The third kappa shape index (κ3) is 4.87. The number of benzene rings is 2. The van der Waals surface area contributed by atoms with Crippen molar-refractivity contribution in [1.82, 2.24) is 5.32 Å². The average Bonchev–Trinajstić information content (AvgIpc) is 2.49. The molecule has 0 radical (unpaired) electrons. The Morgan fingerprint density at radius 3 is 2.52 bits per heavy atom. The molecule has 0 bridgehead atoms. The summed E-state index contributed by atoms with van der Waals surface area (Å²) >= 11 is 5.35. The predicted molar refractivity (Wildman–Crippen MR) is 94.9 cm³/mol. The van der Waals surface area contributed by atoms with Gasteiger partial charge in [0.2, 0.25) is 0 Å². The molecule has 0 amide bonds. The number of hydrogen-bond donors (Lipinski definition) is 2. The minimum absolute atomic E-state index is 0.691. The Morgan fingerprint density at radius 1 is 1.00 bits per heavy atom. The van der Waals surface area contributed by atoms with E-state index in [1.807, 2.05) is 12.1 Å². The molecule has 0 unspecified atom stereocenters. The van der Waals surface area contributed by atoms with Crippen molar-refractivity contribution in [3.05, 3.63) is 65.2 Å². The van der Waals surface area contributed by atoms with Crippen LogP contribution in [0.5, 0.6) is 0 Å². The maximum Gasteiger partial charge on any atom is 0.170 e. The molecule has 0 aromatic heterocycles. The first-order valence-electron chi connectivity index (χ1n) is 7.32. The lowest BCUT2D eigenvalue weighted by Crippen LogP contribution is -2.29. The number of thiocarbonyl (C=S) groups is 1. The fourth-order valence-corrected chi connectivity index (χ4v) is 2.40. The van der Waals surface area contributed by atoms with Crippen molar-refractivity contribution in [2.24, 2.45) is 0 Å². The van der Waals surface area contributed by atoms with E-state index in [0.717, 1.165) is 25.1 Å². The Morgan fingerprint density at radius 2 is 1.76 bits per heavy atom. The minimum Gasteiger partial charge on any atom is -0.362 e. The van der Waals surface area contributed by atoms with Gasteiger partial charge in [0, 0.05) is 12.2 Å². The molecule has 0 fully saturated rings. The van der Waals surface area contributed by atoms with Crippen LogP contribution >= 0.6 is 12.2 Å². The molecule has 110 valence electrons. The average molecular weight is 298 g/mol. The number of nitrogens with one attached hydrogen (secondary N) is 2. The molecule has 0 aliphatic rings. The van der Waals surface area contributed by atoms with E-state index in [2.05, 4.69) is 60.9 Å². The molecule has 0 atom stereocenters. The van der Waals surface area contributed by atoms with Gasteiger partial charge in [0.05, 0.1) is 0 Å². The van der Waals surface area contributed by atoms with Crippen LogP contribution in [0.15, 0.2) is 48.5 Å². The molecule has 2 rings (SSSR count). The van der Waals surface area contributed by atoms with E-state index in [1.54, 1.807) is 0 Å². The number of anilines is 1. The Bertz CT molecular complexity index is 593. The van der Waals surface area contributed by atoms with Crippen molar-refractivity contribution in [1.29, 1.82) is 0 Å². The summed E-state index contributed by atoms with van der Waals surface area (Å²) in [5, 5.41) is 7.23. The molecule has 2 aromatic carbocycles. The van der Waals surface area contributed by atoms with Crippen molar-refractivity contribution in [2.75, 3.05) is 11.9 Å². The van der Waals surface area contributed by atoms with Gasteiger partial charge >= 0.3 is 0 Å². The maximum atomic E-state index is 5.35. The van der Waals surface area contributed by atoms with Crippen LogP contribution in [0, 0.1) is 13.8 Å². The highest BCUT2D eigenvalue weighted by atomic mass is 32.1. The van der Waals surface area contributed by atoms with Gasteiger partial charge in [-0.1, -0.05) is 42.5 Å². The van der Waals surface area contributed by atoms with E-state index in [0.29, 0.717) is 5.11 Å². The normalized spacial score (nSPS) is 10.2. The fraction of sp³-hybridized carbons (Fsp3) is 0.278. The molecule has 0 heterocycles. The van der Waals surface area contributed by atoms with Gasteiger partial charge in [-0.05, 0) is 61.7 Å². The van der Waals surface area contributed by atoms with Crippen LogP contribution in [0.4, 0.5) is 5.69 Å². The van der Waals surface area contributed by atoms with Gasteiger partial charge in [-0.3, -0.25) is 0 Å². The van der Waals surface area contributed by atoms with E-state index in [1.165, 1.54) is 16.7 Å². The molecule has 0 saturated carbocycles. The summed E-state index contributed by atoms with van der Waals surface area (Å²) in [5.74, 6) is 0. The molecule has 0 aliphatic heterocycles. The second-order valence-corrected chi connectivity index (χ2v) is 5.63. The summed E-state index contributed by atoms with van der Waals surface area (Å²) in [7, 11) is 0. The SMILES string of the molecule is Cc1cccc(NC(=S)NCCCc2ccccc2)c1C. The molecule has 2 nitrogen and oxygen atoms in total. The van der Waals surface area contributed by atoms with E-state index >= 15 is 0 Å². The largest absolute Gasteiger partial charge is 0.362 e. The summed E-state index contributed by atoms with van der Waals surface area (Å²) in [6.45, 7) is 5.10. The molecule has 3 heteroatoms. The van der Waals surface area contributed by atoms with Crippen LogP contribution in [0.3, 0.4) is 0 Å². The van der Waals surface area contributed by atoms with Crippen LogP contribution < -0.4 is 10.6 Å². The third-order valence-electron chi connectivity index (χ3n) is 3.62. The first-order valence-corrected chi connectivity index (χ1v) is 7.72. The monoisotopic (exact) mass is 298 g/mol. The number of rotatable bonds is 5. The van der Waals surface area contributed by atoms with Crippen molar-refractivity contribution in [3.8, 4) is 0 Å². The number of aryl methyl sites for hydroxylation is 2. The fourth-order valence-electron chi connectivity index (χ4n) is 2.19. The van der Waals surface area contributed by atoms with Crippen LogP contribution in [0.25, 0.3) is 0 Å². The van der Waals surface area contributed by atoms with Crippen molar-refractivity contribution >= 4 is 23.0 Å². The number of hydrogen-bond acceptors (Lipinski definition) is 1. The molecule has 2 N–H and O–H groups in total. The lowest BCUT2D eigenvalue weighted by atomic mass is 10.1. The zero-order valence-corrected chi connectivity index (χ0v) is 13.5. The smallest absolute Gasteiger partial charge is 0.170 e. The maximum absolute atomic E-state index is 5.35. The molecule has 0 saturated heterocycles. The van der Waals surface area contributed by atoms with Crippen LogP contribution in [0.1, 0.15) is 23.1 Å². The second-order valence-electron chi connectivity index (χ2n) is 5.22. The van der Waals surface area contributed by atoms with E-state index < -0.39 is 0 Å². The standard InChI is InChI=1S/C18H22N2S/c1-14-8-6-12-17(15(14)2)20-18(21)19-13-7-11-16-9-4-3-5-10-16/h3-6,8-10,12H,7,11,13H2,1-2H3,(H2,19,20,21). The first-order chi connectivity index (χ1) is 10.2. The predicted octanol–water partition coefficient (Wildman–Crippen LogP) is 4.22. The molecule has 2 aromatic rings. The Kier molecular flexibility index (Phi) is 5.76. The van der Waals surface area contributed by atoms with Crippen LogP contribution in [-0.2, 0) is 6.42 Å². The zero-order valence-electron chi connectivity index (χ0n) is 12.6. The van der Waals surface area contributed by atoms with Gasteiger partial charge in [-0.25, -0.2) is 0 Å². The summed E-state index contributed by atoms with van der Waals surface area (Å²) in [4.78, 5) is 0. The van der Waals surface area contributed by atoms with Crippen LogP contribution in [-0.4, -0.2) is 11.7 Å². The minimum atomic E-state index is 0.691. The Balaban J connectivity index is 1.74. The van der Waals surface area contributed by atoms with Gasteiger partial charge in [0.1, 0.15) is 0 Å². The molecular formula is C18H22N2S. The highest BCUT2D eigenvalue weighted by Crippen LogP contribution is 2.17. The summed E-state index contributed by atoms with van der Waals surface area (Å²) < 4.78 is 0. The lowest BCUT2D eigenvalue weighted by Gasteiger charge is -2.13. The molecule has 21 heavy (non-hydrogen) atoms. The Hall–Kier alpha value is -1.87. The van der Waals surface area contributed by atoms with Gasteiger partial charge in [-0.15, -0.1) is 0 Å². The quantitative estimate of drug-likeness (QED) is 0.638. The van der Waals surface area contributed by atoms with Gasteiger partial charge < -0.3 is 10.6 Å².